The lowest BCUT2D eigenvalue weighted by Crippen LogP contribution is -2.51. The smallest absolute Gasteiger partial charge is 0.233 e. The van der Waals surface area contributed by atoms with E-state index in [-0.39, 0.29) is 29.7 Å². The molecule has 2 aliphatic rings. The van der Waals surface area contributed by atoms with Gasteiger partial charge in [-0.15, -0.1) is 0 Å². The van der Waals surface area contributed by atoms with Crippen molar-refractivity contribution in [2.45, 2.75) is 95.6 Å². The highest BCUT2D eigenvalue weighted by Gasteiger charge is 2.43. The van der Waals surface area contributed by atoms with Crippen LogP contribution in [0.2, 0.25) is 5.02 Å². The van der Waals surface area contributed by atoms with E-state index < -0.39 is 17.8 Å². The Kier molecular flexibility index (Phi) is 11.0. The van der Waals surface area contributed by atoms with Crippen LogP contribution in [0.25, 0.3) is 0 Å². The van der Waals surface area contributed by atoms with Gasteiger partial charge in [-0.1, -0.05) is 85.1 Å². The molecule has 39 heavy (non-hydrogen) atoms. The number of carbonyl (C=O) groups excluding carboxylic acids is 3. The summed E-state index contributed by atoms with van der Waals surface area (Å²) in [5, 5.41) is 7.01. The van der Waals surface area contributed by atoms with Crippen LogP contribution in [0.4, 0.5) is 0 Å². The number of carbonyl (C=O) groups is 3. The molecular weight excluding hydrogens is 576 g/mol. The first kappa shape index (κ1) is 29.8. The van der Waals surface area contributed by atoms with E-state index in [9.17, 15) is 14.4 Å². The number of benzene rings is 2. The van der Waals surface area contributed by atoms with Gasteiger partial charge in [0.2, 0.25) is 11.8 Å². The average Bonchev–Trinajstić information content (AvgIpc) is 2.94. The standard InChI is InChI=1S/C32H40BrClN2O3/c1-2-27(30(37)22-15-19-24(34)20-16-22)28(21-13-17-23(33)18-14-21)29(31(38)35-25-9-5-3-6-10-25)32(39)36-26-11-7-4-8-12-26/h13-20,25-29H,2-12H2,1H3,(H,35,38)(H,36,39). The van der Waals surface area contributed by atoms with E-state index in [1.807, 2.05) is 31.2 Å². The first-order chi connectivity index (χ1) is 18.9. The Morgan fingerprint density at radius 1 is 0.795 bits per heavy atom. The summed E-state index contributed by atoms with van der Waals surface area (Å²) in [4.78, 5) is 42.2. The van der Waals surface area contributed by atoms with E-state index in [4.69, 9.17) is 11.6 Å². The summed E-state index contributed by atoms with van der Waals surface area (Å²) in [5.41, 5.74) is 1.35. The molecule has 5 nitrogen and oxygen atoms in total. The number of amides is 2. The molecule has 0 aliphatic heterocycles. The maximum absolute atomic E-state index is 14.1. The predicted molar refractivity (Wildman–Crippen MR) is 160 cm³/mol. The summed E-state index contributed by atoms with van der Waals surface area (Å²) in [6.45, 7) is 1.96. The van der Waals surface area contributed by atoms with E-state index >= 15 is 0 Å². The van der Waals surface area contributed by atoms with Gasteiger partial charge in [0.05, 0.1) is 0 Å². The fraction of sp³-hybridized carbons (Fsp3) is 0.531. The van der Waals surface area contributed by atoms with E-state index in [0.717, 1.165) is 61.4 Å². The van der Waals surface area contributed by atoms with Crippen molar-refractivity contribution < 1.29 is 14.4 Å². The highest BCUT2D eigenvalue weighted by Crippen LogP contribution is 2.38. The zero-order valence-electron chi connectivity index (χ0n) is 22.8. The molecule has 2 N–H and O–H groups in total. The number of ketones is 1. The maximum atomic E-state index is 14.1. The molecule has 2 aromatic carbocycles. The molecule has 2 aliphatic carbocycles. The second-order valence-electron chi connectivity index (χ2n) is 11.1. The minimum Gasteiger partial charge on any atom is -0.353 e. The van der Waals surface area contributed by atoms with Gasteiger partial charge in [0.15, 0.2) is 5.78 Å². The second-order valence-corrected chi connectivity index (χ2v) is 12.5. The molecule has 2 amide bonds. The molecule has 0 aromatic heterocycles. The van der Waals surface area contributed by atoms with Gasteiger partial charge in [0.1, 0.15) is 5.92 Å². The van der Waals surface area contributed by atoms with Gasteiger partial charge >= 0.3 is 0 Å². The van der Waals surface area contributed by atoms with Gasteiger partial charge in [-0.2, -0.15) is 0 Å². The highest BCUT2D eigenvalue weighted by atomic mass is 79.9. The lowest BCUT2D eigenvalue weighted by atomic mass is 9.71. The normalized spacial score (nSPS) is 18.4. The molecular formula is C32H40BrClN2O3. The Hall–Kier alpha value is -2.18. The van der Waals surface area contributed by atoms with Gasteiger partial charge in [0, 0.05) is 39.0 Å². The topological polar surface area (TPSA) is 75.3 Å². The third-order valence-corrected chi connectivity index (χ3v) is 9.20. The number of hydrogen-bond donors (Lipinski definition) is 2. The SMILES string of the molecule is CCC(C(=O)c1ccc(Cl)cc1)C(c1ccc(Br)cc1)C(C(=O)NC1CCCCC1)C(=O)NC1CCCCC1. The maximum Gasteiger partial charge on any atom is 0.233 e. The van der Waals surface area contributed by atoms with Gasteiger partial charge in [0.25, 0.3) is 0 Å². The summed E-state index contributed by atoms with van der Waals surface area (Å²) in [7, 11) is 0. The molecule has 4 rings (SSSR count). The number of hydrogen-bond acceptors (Lipinski definition) is 3. The van der Waals surface area contributed by atoms with Crippen molar-refractivity contribution in [2.24, 2.45) is 11.8 Å². The predicted octanol–water partition coefficient (Wildman–Crippen LogP) is 7.61. The summed E-state index contributed by atoms with van der Waals surface area (Å²) in [6, 6.07) is 14.7. The van der Waals surface area contributed by atoms with Crippen molar-refractivity contribution >= 4 is 45.1 Å². The molecule has 7 heteroatoms. The lowest BCUT2D eigenvalue weighted by Gasteiger charge is -2.34. The molecule has 0 saturated heterocycles. The van der Waals surface area contributed by atoms with E-state index in [2.05, 4.69) is 26.6 Å². The van der Waals surface area contributed by atoms with Crippen molar-refractivity contribution in [3.8, 4) is 0 Å². The van der Waals surface area contributed by atoms with Crippen LogP contribution in [0.15, 0.2) is 53.0 Å². The van der Waals surface area contributed by atoms with Crippen LogP contribution < -0.4 is 10.6 Å². The Bertz CT molecular complexity index is 1080. The molecule has 0 heterocycles. The molecule has 210 valence electrons. The van der Waals surface area contributed by atoms with Crippen molar-refractivity contribution in [1.29, 1.82) is 0 Å². The Morgan fingerprint density at radius 2 is 1.28 bits per heavy atom. The molecule has 2 atom stereocenters. The monoisotopic (exact) mass is 614 g/mol. The molecule has 0 radical (unpaired) electrons. The number of halogens is 2. The fourth-order valence-electron chi connectivity index (χ4n) is 6.29. The third-order valence-electron chi connectivity index (χ3n) is 8.42. The van der Waals surface area contributed by atoms with Gasteiger partial charge in [-0.05, 0) is 74.1 Å². The van der Waals surface area contributed by atoms with Crippen LogP contribution >= 0.6 is 27.5 Å². The molecule has 0 bridgehead atoms. The number of nitrogens with one attached hydrogen (secondary N) is 2. The van der Waals surface area contributed by atoms with Crippen LogP contribution in [0.3, 0.4) is 0 Å². The Labute approximate surface area is 246 Å². The minimum absolute atomic E-state index is 0.0637. The summed E-state index contributed by atoms with van der Waals surface area (Å²) in [5.74, 6) is -2.82. The summed E-state index contributed by atoms with van der Waals surface area (Å²) >= 11 is 9.61. The van der Waals surface area contributed by atoms with Crippen LogP contribution in [-0.4, -0.2) is 29.7 Å². The van der Waals surface area contributed by atoms with Crippen LogP contribution in [0.5, 0.6) is 0 Å². The zero-order valence-corrected chi connectivity index (χ0v) is 25.1. The Balaban J connectivity index is 1.74. The Morgan fingerprint density at radius 3 is 1.74 bits per heavy atom. The van der Waals surface area contributed by atoms with E-state index in [1.165, 1.54) is 12.8 Å². The second kappa shape index (κ2) is 14.5. The lowest BCUT2D eigenvalue weighted by molar-refractivity contribution is -0.137. The van der Waals surface area contributed by atoms with E-state index in [0.29, 0.717) is 17.0 Å². The van der Waals surface area contributed by atoms with Crippen LogP contribution in [-0.2, 0) is 9.59 Å². The molecule has 2 fully saturated rings. The zero-order chi connectivity index (χ0) is 27.8. The van der Waals surface area contributed by atoms with Crippen LogP contribution in [0, 0.1) is 11.8 Å². The molecule has 2 saturated carbocycles. The number of rotatable bonds is 10. The average molecular weight is 616 g/mol. The third kappa shape index (κ3) is 7.94. The highest BCUT2D eigenvalue weighted by molar-refractivity contribution is 9.10. The largest absolute Gasteiger partial charge is 0.353 e. The number of Topliss-reactive ketones (excluding diaryl/α,β-unsaturated/α-hetero) is 1. The van der Waals surface area contributed by atoms with Crippen molar-refractivity contribution in [1.82, 2.24) is 10.6 Å². The van der Waals surface area contributed by atoms with Crippen molar-refractivity contribution in [2.75, 3.05) is 0 Å². The van der Waals surface area contributed by atoms with Gasteiger partial charge in [-0.3, -0.25) is 14.4 Å². The van der Waals surface area contributed by atoms with Crippen LogP contribution in [0.1, 0.15) is 99.4 Å². The molecule has 2 aromatic rings. The molecule has 2 unspecified atom stereocenters. The van der Waals surface area contributed by atoms with Crippen molar-refractivity contribution in [3.63, 3.8) is 0 Å². The summed E-state index contributed by atoms with van der Waals surface area (Å²) in [6.07, 6.45) is 10.8. The first-order valence-corrected chi connectivity index (χ1v) is 15.7. The summed E-state index contributed by atoms with van der Waals surface area (Å²) < 4.78 is 0.900. The van der Waals surface area contributed by atoms with E-state index in [1.54, 1.807) is 24.3 Å². The first-order valence-electron chi connectivity index (χ1n) is 14.5. The van der Waals surface area contributed by atoms with Gasteiger partial charge in [-0.25, -0.2) is 0 Å². The molecule has 0 spiro atoms. The minimum atomic E-state index is -1.02. The van der Waals surface area contributed by atoms with Gasteiger partial charge < -0.3 is 10.6 Å². The van der Waals surface area contributed by atoms with Crippen molar-refractivity contribution in [3.05, 3.63) is 69.2 Å². The quantitative estimate of drug-likeness (QED) is 0.213. The fourth-order valence-corrected chi connectivity index (χ4v) is 6.68.